The Labute approximate surface area is 138 Å². The maximum atomic E-state index is 12.6. The minimum atomic E-state index is -3.37. The number of hydrogen-bond acceptors (Lipinski definition) is 3. The summed E-state index contributed by atoms with van der Waals surface area (Å²) >= 11 is 0. The number of rotatable bonds is 4. The van der Waals surface area contributed by atoms with Crippen molar-refractivity contribution < 1.29 is 8.42 Å². The predicted molar refractivity (Wildman–Crippen MR) is 91.6 cm³/mol. The first-order chi connectivity index (χ1) is 11.1. The average molecular weight is 330 g/mol. The Kier molecular flexibility index (Phi) is 4.80. The van der Waals surface area contributed by atoms with Crippen LogP contribution >= 0.6 is 0 Å². The second-order valence-corrected chi connectivity index (χ2v) is 7.78. The molecular formula is C18H22N2O2S. The van der Waals surface area contributed by atoms with Crippen molar-refractivity contribution in [3.8, 4) is 0 Å². The van der Waals surface area contributed by atoms with Crippen LogP contribution in [0.25, 0.3) is 0 Å². The summed E-state index contributed by atoms with van der Waals surface area (Å²) < 4.78 is 26.9. The molecule has 5 heteroatoms. The van der Waals surface area contributed by atoms with Crippen LogP contribution in [0.15, 0.2) is 65.6 Å². The maximum Gasteiger partial charge on any atom is 0.243 e. The molecule has 0 unspecified atom stereocenters. The van der Waals surface area contributed by atoms with Gasteiger partial charge in [0.15, 0.2) is 0 Å². The molecule has 23 heavy (non-hydrogen) atoms. The summed E-state index contributed by atoms with van der Waals surface area (Å²) in [4.78, 5) is 2.72. The fourth-order valence-electron chi connectivity index (χ4n) is 3.02. The molecule has 2 aromatic carbocycles. The zero-order valence-corrected chi connectivity index (χ0v) is 14.1. The number of benzene rings is 2. The second-order valence-electron chi connectivity index (χ2n) is 5.84. The summed E-state index contributed by atoms with van der Waals surface area (Å²) in [5.41, 5.74) is 1.27. The third-order valence-corrected chi connectivity index (χ3v) is 6.40. The lowest BCUT2D eigenvalue weighted by Crippen LogP contribution is -2.49. The van der Waals surface area contributed by atoms with Gasteiger partial charge in [-0.05, 0) is 24.6 Å². The fourth-order valence-corrected chi connectivity index (χ4v) is 4.46. The Morgan fingerprint density at radius 1 is 0.826 bits per heavy atom. The monoisotopic (exact) mass is 330 g/mol. The van der Waals surface area contributed by atoms with Gasteiger partial charge in [-0.15, -0.1) is 0 Å². The molecule has 0 aliphatic carbocycles. The zero-order valence-electron chi connectivity index (χ0n) is 13.3. The summed E-state index contributed by atoms with van der Waals surface area (Å²) in [7, 11) is -3.37. The van der Waals surface area contributed by atoms with Crippen LogP contribution in [-0.4, -0.2) is 43.8 Å². The standard InChI is InChI=1S/C18H22N2O2S/c1-16(17-8-4-2-5-9-17)19-12-14-20(15-13-19)23(21,22)18-10-6-3-7-11-18/h2-11,16H,12-15H2,1H3/t16-/m1/s1. The summed E-state index contributed by atoms with van der Waals surface area (Å²) in [6.45, 7) is 4.75. The highest BCUT2D eigenvalue weighted by atomic mass is 32.2. The average Bonchev–Trinajstić information content (AvgIpc) is 2.63. The topological polar surface area (TPSA) is 40.6 Å². The molecule has 2 aromatic rings. The van der Waals surface area contributed by atoms with Gasteiger partial charge < -0.3 is 0 Å². The smallest absolute Gasteiger partial charge is 0.243 e. The highest BCUT2D eigenvalue weighted by Crippen LogP contribution is 2.23. The molecule has 1 saturated heterocycles. The van der Waals surface area contributed by atoms with E-state index in [4.69, 9.17) is 0 Å². The van der Waals surface area contributed by atoms with E-state index in [1.807, 2.05) is 24.3 Å². The van der Waals surface area contributed by atoms with E-state index < -0.39 is 10.0 Å². The summed E-state index contributed by atoms with van der Waals surface area (Å²) in [6.07, 6.45) is 0. The van der Waals surface area contributed by atoms with Gasteiger partial charge in [-0.1, -0.05) is 48.5 Å². The van der Waals surface area contributed by atoms with Gasteiger partial charge in [0.05, 0.1) is 4.90 Å². The third-order valence-electron chi connectivity index (χ3n) is 4.48. The molecule has 122 valence electrons. The van der Waals surface area contributed by atoms with Gasteiger partial charge in [-0.25, -0.2) is 8.42 Å². The first kappa shape index (κ1) is 16.2. The minimum absolute atomic E-state index is 0.303. The van der Waals surface area contributed by atoms with Crippen molar-refractivity contribution in [2.45, 2.75) is 17.9 Å². The van der Waals surface area contributed by atoms with Crippen molar-refractivity contribution in [2.75, 3.05) is 26.2 Å². The summed E-state index contributed by atoms with van der Waals surface area (Å²) in [5.74, 6) is 0. The molecular weight excluding hydrogens is 308 g/mol. The number of nitrogens with zero attached hydrogens (tertiary/aromatic N) is 2. The van der Waals surface area contributed by atoms with E-state index in [-0.39, 0.29) is 0 Å². The highest BCUT2D eigenvalue weighted by Gasteiger charge is 2.30. The van der Waals surface area contributed by atoms with E-state index in [0.717, 1.165) is 13.1 Å². The maximum absolute atomic E-state index is 12.6. The fraction of sp³-hybridized carbons (Fsp3) is 0.333. The quantitative estimate of drug-likeness (QED) is 0.865. The van der Waals surface area contributed by atoms with E-state index in [1.165, 1.54) is 5.56 Å². The van der Waals surface area contributed by atoms with Crippen LogP contribution in [0.3, 0.4) is 0 Å². The Morgan fingerprint density at radius 2 is 1.35 bits per heavy atom. The predicted octanol–water partition coefficient (Wildman–Crippen LogP) is 2.75. The first-order valence-corrected chi connectivity index (χ1v) is 9.37. The molecule has 0 spiro atoms. The molecule has 0 bridgehead atoms. The number of sulfonamides is 1. The van der Waals surface area contributed by atoms with E-state index in [1.54, 1.807) is 28.6 Å². The van der Waals surface area contributed by atoms with Crippen molar-refractivity contribution in [1.82, 2.24) is 9.21 Å². The molecule has 3 rings (SSSR count). The van der Waals surface area contributed by atoms with Gasteiger partial charge >= 0.3 is 0 Å². The van der Waals surface area contributed by atoms with Crippen LogP contribution in [0.2, 0.25) is 0 Å². The van der Waals surface area contributed by atoms with Crippen molar-refractivity contribution in [2.24, 2.45) is 0 Å². The summed E-state index contributed by atoms with van der Waals surface area (Å²) in [5, 5.41) is 0. The van der Waals surface area contributed by atoms with E-state index in [0.29, 0.717) is 24.0 Å². The largest absolute Gasteiger partial charge is 0.294 e. The minimum Gasteiger partial charge on any atom is -0.294 e. The SMILES string of the molecule is C[C@H](c1ccccc1)N1CCN(S(=O)(=O)c2ccccc2)CC1. The molecule has 1 heterocycles. The van der Waals surface area contributed by atoms with Gasteiger partial charge in [0.25, 0.3) is 0 Å². The molecule has 1 aliphatic rings. The highest BCUT2D eigenvalue weighted by molar-refractivity contribution is 7.89. The molecule has 0 saturated carbocycles. The lowest BCUT2D eigenvalue weighted by atomic mass is 10.1. The van der Waals surface area contributed by atoms with Crippen molar-refractivity contribution in [3.05, 3.63) is 66.2 Å². The van der Waals surface area contributed by atoms with Crippen molar-refractivity contribution in [1.29, 1.82) is 0 Å². The molecule has 0 aromatic heterocycles. The van der Waals surface area contributed by atoms with Crippen LogP contribution in [-0.2, 0) is 10.0 Å². The first-order valence-electron chi connectivity index (χ1n) is 7.93. The van der Waals surface area contributed by atoms with E-state index in [9.17, 15) is 8.42 Å². The van der Waals surface area contributed by atoms with Gasteiger partial charge in [-0.2, -0.15) is 4.31 Å². The lowest BCUT2D eigenvalue weighted by molar-refractivity contribution is 0.146. The van der Waals surface area contributed by atoms with E-state index >= 15 is 0 Å². The molecule has 1 atom stereocenters. The summed E-state index contributed by atoms with van der Waals surface area (Å²) in [6, 6.07) is 19.3. The van der Waals surface area contributed by atoms with Crippen LogP contribution in [0.4, 0.5) is 0 Å². The van der Waals surface area contributed by atoms with Crippen LogP contribution in [0.5, 0.6) is 0 Å². The zero-order chi connectivity index (χ0) is 16.3. The van der Waals surface area contributed by atoms with Gasteiger partial charge in [0, 0.05) is 32.2 Å². The van der Waals surface area contributed by atoms with Gasteiger partial charge in [0.1, 0.15) is 0 Å². The number of hydrogen-bond donors (Lipinski definition) is 0. The Hall–Kier alpha value is -1.69. The molecule has 0 amide bonds. The number of piperazine rings is 1. The third kappa shape index (κ3) is 3.47. The molecule has 4 nitrogen and oxygen atoms in total. The Bertz CT molecular complexity index is 724. The normalized spacial score (nSPS) is 18.7. The molecule has 0 N–H and O–H groups in total. The van der Waals surface area contributed by atoms with Crippen LogP contribution in [0.1, 0.15) is 18.5 Å². The molecule has 1 aliphatic heterocycles. The van der Waals surface area contributed by atoms with Crippen LogP contribution in [0, 0.1) is 0 Å². The Balaban J connectivity index is 1.67. The molecule has 0 radical (unpaired) electrons. The van der Waals surface area contributed by atoms with Gasteiger partial charge in [-0.3, -0.25) is 4.90 Å². The van der Waals surface area contributed by atoms with Crippen molar-refractivity contribution >= 4 is 10.0 Å². The second kappa shape index (κ2) is 6.83. The lowest BCUT2D eigenvalue weighted by Gasteiger charge is -2.37. The molecule has 1 fully saturated rings. The van der Waals surface area contributed by atoms with E-state index in [2.05, 4.69) is 24.0 Å². The Morgan fingerprint density at radius 3 is 1.91 bits per heavy atom. The van der Waals surface area contributed by atoms with Gasteiger partial charge in [0.2, 0.25) is 10.0 Å². The van der Waals surface area contributed by atoms with Crippen LogP contribution < -0.4 is 0 Å². The van der Waals surface area contributed by atoms with Crippen molar-refractivity contribution in [3.63, 3.8) is 0 Å².